The first kappa shape index (κ1) is 19.1. The van der Waals surface area contributed by atoms with Gasteiger partial charge in [-0.25, -0.2) is 4.39 Å². The predicted octanol–water partition coefficient (Wildman–Crippen LogP) is 5.22. The standard InChI is InChI=1S/C23H30FNO/c1-3-22(2)18-23(14-16-26-22,20-10-5-4-6-11-20)13-15-25-17-19-9-7-8-12-21(19)24/h4-12,25H,3,13-18H2,1-2H3/t22-,23+/m1/s1. The van der Waals surface area contributed by atoms with Gasteiger partial charge in [-0.05, 0) is 50.8 Å². The lowest BCUT2D eigenvalue weighted by Gasteiger charge is -2.47. The maximum absolute atomic E-state index is 13.8. The van der Waals surface area contributed by atoms with Crippen LogP contribution >= 0.6 is 0 Å². The van der Waals surface area contributed by atoms with Gasteiger partial charge in [0.05, 0.1) is 5.60 Å². The molecule has 1 saturated heterocycles. The highest BCUT2D eigenvalue weighted by Crippen LogP contribution is 2.45. The van der Waals surface area contributed by atoms with Crippen LogP contribution in [-0.4, -0.2) is 18.8 Å². The summed E-state index contributed by atoms with van der Waals surface area (Å²) in [5, 5.41) is 3.45. The minimum atomic E-state index is -0.137. The van der Waals surface area contributed by atoms with Gasteiger partial charge in [-0.3, -0.25) is 0 Å². The molecule has 3 heteroatoms. The molecule has 0 radical (unpaired) electrons. The van der Waals surface area contributed by atoms with Crippen molar-refractivity contribution >= 4 is 0 Å². The lowest BCUT2D eigenvalue weighted by Crippen LogP contribution is -2.46. The smallest absolute Gasteiger partial charge is 0.127 e. The van der Waals surface area contributed by atoms with Crippen LogP contribution in [-0.2, 0) is 16.7 Å². The van der Waals surface area contributed by atoms with Crippen LogP contribution in [0.2, 0.25) is 0 Å². The van der Waals surface area contributed by atoms with Gasteiger partial charge in [-0.2, -0.15) is 0 Å². The van der Waals surface area contributed by atoms with Crippen molar-refractivity contribution in [1.82, 2.24) is 5.32 Å². The van der Waals surface area contributed by atoms with Gasteiger partial charge in [0.1, 0.15) is 5.82 Å². The number of hydrogen-bond acceptors (Lipinski definition) is 2. The predicted molar refractivity (Wildman–Crippen MR) is 105 cm³/mol. The van der Waals surface area contributed by atoms with E-state index in [1.165, 1.54) is 11.6 Å². The first-order valence-electron chi connectivity index (χ1n) is 9.71. The Hall–Kier alpha value is -1.71. The molecule has 26 heavy (non-hydrogen) atoms. The Labute approximate surface area is 156 Å². The molecular weight excluding hydrogens is 325 g/mol. The van der Waals surface area contributed by atoms with Crippen molar-refractivity contribution in [2.24, 2.45) is 0 Å². The molecule has 2 nitrogen and oxygen atoms in total. The molecule has 1 N–H and O–H groups in total. The second-order valence-electron chi connectivity index (χ2n) is 7.74. The Balaban J connectivity index is 1.70. The zero-order valence-electron chi connectivity index (χ0n) is 15.9. The average molecular weight is 355 g/mol. The lowest BCUT2D eigenvalue weighted by atomic mass is 9.66. The molecule has 0 unspecified atom stereocenters. The van der Waals surface area contributed by atoms with E-state index in [0.29, 0.717) is 6.54 Å². The summed E-state index contributed by atoms with van der Waals surface area (Å²) in [7, 11) is 0. The summed E-state index contributed by atoms with van der Waals surface area (Å²) >= 11 is 0. The molecule has 0 aliphatic carbocycles. The van der Waals surface area contributed by atoms with Gasteiger partial charge < -0.3 is 10.1 Å². The van der Waals surface area contributed by atoms with Crippen molar-refractivity contribution in [3.63, 3.8) is 0 Å². The molecule has 1 aliphatic rings. The number of benzene rings is 2. The summed E-state index contributed by atoms with van der Waals surface area (Å²) < 4.78 is 19.9. The largest absolute Gasteiger partial charge is 0.375 e. The Bertz CT molecular complexity index is 704. The highest BCUT2D eigenvalue weighted by atomic mass is 19.1. The number of halogens is 1. The molecule has 140 valence electrons. The van der Waals surface area contributed by atoms with Crippen molar-refractivity contribution in [3.8, 4) is 0 Å². The van der Waals surface area contributed by atoms with Crippen molar-refractivity contribution in [2.75, 3.05) is 13.2 Å². The Morgan fingerprint density at radius 1 is 1.08 bits per heavy atom. The lowest BCUT2D eigenvalue weighted by molar-refractivity contribution is -0.0979. The maximum Gasteiger partial charge on any atom is 0.127 e. The van der Waals surface area contributed by atoms with Crippen LogP contribution < -0.4 is 5.32 Å². The SMILES string of the molecule is CC[C@]1(C)C[C@@](CCNCc2ccccc2F)(c2ccccc2)CCO1. The van der Waals surface area contributed by atoms with E-state index in [1.54, 1.807) is 6.07 Å². The fourth-order valence-corrected chi connectivity index (χ4v) is 4.16. The van der Waals surface area contributed by atoms with Crippen LogP contribution in [0.15, 0.2) is 54.6 Å². The minimum Gasteiger partial charge on any atom is -0.375 e. The zero-order chi connectivity index (χ0) is 18.5. The van der Waals surface area contributed by atoms with E-state index in [1.807, 2.05) is 12.1 Å². The van der Waals surface area contributed by atoms with E-state index in [-0.39, 0.29) is 16.8 Å². The van der Waals surface area contributed by atoms with Crippen molar-refractivity contribution in [1.29, 1.82) is 0 Å². The maximum atomic E-state index is 13.8. The highest BCUT2D eigenvalue weighted by molar-refractivity contribution is 5.27. The molecule has 1 fully saturated rings. The molecule has 0 aromatic heterocycles. The molecule has 3 rings (SSSR count). The van der Waals surface area contributed by atoms with E-state index in [9.17, 15) is 4.39 Å². The first-order valence-corrected chi connectivity index (χ1v) is 9.71. The van der Waals surface area contributed by atoms with E-state index in [0.717, 1.165) is 44.4 Å². The first-order chi connectivity index (χ1) is 12.6. The van der Waals surface area contributed by atoms with Crippen molar-refractivity contribution in [3.05, 3.63) is 71.5 Å². The number of ether oxygens (including phenoxy) is 1. The fourth-order valence-electron chi connectivity index (χ4n) is 4.16. The summed E-state index contributed by atoms with van der Waals surface area (Å²) in [6.07, 6.45) is 4.12. The monoisotopic (exact) mass is 355 g/mol. The van der Waals surface area contributed by atoms with Gasteiger partial charge in [-0.15, -0.1) is 0 Å². The van der Waals surface area contributed by atoms with E-state index >= 15 is 0 Å². The minimum absolute atomic E-state index is 0.0698. The third kappa shape index (κ3) is 4.33. The fraction of sp³-hybridized carbons (Fsp3) is 0.478. The third-order valence-electron chi connectivity index (χ3n) is 5.93. The van der Waals surface area contributed by atoms with Crippen molar-refractivity contribution < 1.29 is 9.13 Å². The van der Waals surface area contributed by atoms with Crippen LogP contribution in [0.1, 0.15) is 50.7 Å². The van der Waals surface area contributed by atoms with E-state index in [4.69, 9.17) is 4.74 Å². The van der Waals surface area contributed by atoms with Crippen molar-refractivity contribution in [2.45, 2.75) is 57.1 Å². The molecule has 1 heterocycles. The summed E-state index contributed by atoms with van der Waals surface area (Å²) in [5.41, 5.74) is 2.17. The number of nitrogens with one attached hydrogen (secondary N) is 1. The molecular formula is C23H30FNO. The zero-order valence-corrected chi connectivity index (χ0v) is 15.9. The van der Waals surface area contributed by atoms with Gasteiger partial charge >= 0.3 is 0 Å². The van der Waals surface area contributed by atoms with Crippen LogP contribution in [0.4, 0.5) is 4.39 Å². The Kier molecular flexibility index (Phi) is 6.10. The Morgan fingerprint density at radius 3 is 2.54 bits per heavy atom. The second kappa shape index (κ2) is 8.32. The number of rotatable bonds is 7. The molecule has 2 aromatic rings. The summed E-state index contributed by atoms with van der Waals surface area (Å²) in [4.78, 5) is 0. The summed E-state index contributed by atoms with van der Waals surface area (Å²) in [5.74, 6) is -0.137. The molecule has 0 saturated carbocycles. The van der Waals surface area contributed by atoms with Gasteiger partial charge in [0.25, 0.3) is 0 Å². The quantitative estimate of drug-likeness (QED) is 0.687. The van der Waals surface area contributed by atoms with E-state index in [2.05, 4.69) is 49.5 Å². The topological polar surface area (TPSA) is 21.3 Å². The van der Waals surface area contributed by atoms with Gasteiger partial charge in [0.15, 0.2) is 0 Å². The van der Waals surface area contributed by atoms with Crippen LogP contribution in [0.3, 0.4) is 0 Å². The average Bonchev–Trinajstić information content (AvgIpc) is 2.67. The van der Waals surface area contributed by atoms with Gasteiger partial charge in [-0.1, -0.05) is 55.5 Å². The third-order valence-corrected chi connectivity index (χ3v) is 5.93. The summed E-state index contributed by atoms with van der Waals surface area (Å²) in [6, 6.07) is 17.8. The van der Waals surface area contributed by atoms with E-state index < -0.39 is 0 Å². The molecule has 2 atom stereocenters. The second-order valence-corrected chi connectivity index (χ2v) is 7.74. The van der Waals surface area contributed by atoms with Crippen LogP contribution in [0.25, 0.3) is 0 Å². The summed E-state index contributed by atoms with van der Waals surface area (Å²) in [6.45, 7) is 6.67. The van der Waals surface area contributed by atoms with Gasteiger partial charge in [0.2, 0.25) is 0 Å². The number of hydrogen-bond donors (Lipinski definition) is 1. The molecule has 2 aromatic carbocycles. The molecule has 0 amide bonds. The normalized spacial score (nSPS) is 26.0. The van der Waals surface area contributed by atoms with Gasteiger partial charge in [0, 0.05) is 24.1 Å². The van der Waals surface area contributed by atoms with Crippen LogP contribution in [0, 0.1) is 5.82 Å². The highest BCUT2D eigenvalue weighted by Gasteiger charge is 2.42. The molecule has 0 spiro atoms. The van der Waals surface area contributed by atoms with Crippen LogP contribution in [0.5, 0.6) is 0 Å². The Morgan fingerprint density at radius 2 is 1.81 bits per heavy atom. The molecule has 0 bridgehead atoms. The molecule has 1 aliphatic heterocycles.